The Bertz CT molecular complexity index is 590. The highest BCUT2D eigenvalue weighted by molar-refractivity contribution is 5.45. The van der Waals surface area contributed by atoms with Gasteiger partial charge in [-0.25, -0.2) is 0 Å². The first-order valence-electron chi connectivity index (χ1n) is 9.03. The minimum absolute atomic E-state index is 0.999. The van der Waals surface area contributed by atoms with Gasteiger partial charge in [0.25, 0.3) is 0 Å². The molecule has 0 rings (SSSR count). The van der Waals surface area contributed by atoms with E-state index in [0.29, 0.717) is 0 Å². The summed E-state index contributed by atoms with van der Waals surface area (Å²) in [4.78, 5) is 2.04. The van der Waals surface area contributed by atoms with E-state index in [1.54, 1.807) is 6.08 Å². The summed E-state index contributed by atoms with van der Waals surface area (Å²) in [5.74, 6) is 0. The Kier molecular flexibility index (Phi) is 12.8. The molecule has 25 heavy (non-hydrogen) atoms. The molecule has 0 aromatic rings. The minimum Gasteiger partial charge on any atom is -0.383 e. The van der Waals surface area contributed by atoms with Gasteiger partial charge in [-0.3, -0.25) is 0 Å². The van der Waals surface area contributed by atoms with Gasteiger partial charge in [0, 0.05) is 14.1 Å². The van der Waals surface area contributed by atoms with E-state index in [9.17, 15) is 0 Å². The lowest BCUT2D eigenvalue weighted by molar-refractivity contribution is 0.564. The highest BCUT2D eigenvalue weighted by Gasteiger charge is 2.01. The molecule has 0 aliphatic heterocycles. The monoisotopic (exact) mass is 337 g/mol. The molecule has 0 bridgehead atoms. The first kappa shape index (κ1) is 22.7. The molecule has 0 aliphatic rings. The van der Waals surface area contributed by atoms with E-state index in [2.05, 4.69) is 70.5 Å². The summed E-state index contributed by atoms with van der Waals surface area (Å²) in [6.45, 7) is 14.2. The van der Waals surface area contributed by atoms with E-state index in [1.807, 2.05) is 37.2 Å². The molecule has 0 spiro atoms. The predicted octanol–water partition coefficient (Wildman–Crippen LogP) is 6.93. The van der Waals surface area contributed by atoms with Gasteiger partial charge in [0.15, 0.2) is 0 Å². The van der Waals surface area contributed by atoms with E-state index >= 15 is 0 Å². The van der Waals surface area contributed by atoms with Crippen LogP contribution >= 0.6 is 0 Å². The van der Waals surface area contributed by atoms with Gasteiger partial charge in [0.1, 0.15) is 0 Å². The van der Waals surface area contributed by atoms with Crippen molar-refractivity contribution in [3.63, 3.8) is 0 Å². The molecule has 0 radical (unpaired) electrons. The second-order valence-electron chi connectivity index (χ2n) is 6.09. The molecule has 1 heteroatoms. The molecule has 0 unspecified atom stereocenters. The highest BCUT2D eigenvalue weighted by atomic mass is 15.0. The van der Waals surface area contributed by atoms with Crippen LogP contribution in [0.3, 0.4) is 0 Å². The fourth-order valence-corrected chi connectivity index (χ4v) is 2.33. The first-order valence-corrected chi connectivity index (χ1v) is 9.03. The fourth-order valence-electron chi connectivity index (χ4n) is 2.33. The average Bonchev–Trinajstić information content (AvgIpc) is 2.58. The molecule has 0 aromatic carbocycles. The SMILES string of the molecule is C=C\C=C/C=C(C)/C(=C/C=C(C=C)/C(=C/C=C\N(C)C)CCC)CC. The van der Waals surface area contributed by atoms with Crippen molar-refractivity contribution in [2.75, 3.05) is 14.1 Å². The Labute approximate surface area is 155 Å². The van der Waals surface area contributed by atoms with Gasteiger partial charge >= 0.3 is 0 Å². The Hall–Kier alpha value is -2.28. The summed E-state index contributed by atoms with van der Waals surface area (Å²) >= 11 is 0. The van der Waals surface area contributed by atoms with Crippen molar-refractivity contribution < 1.29 is 0 Å². The van der Waals surface area contributed by atoms with E-state index in [1.165, 1.54) is 22.3 Å². The summed E-state index contributed by atoms with van der Waals surface area (Å²) in [5, 5.41) is 0. The molecule has 0 aliphatic carbocycles. The molecule has 0 fully saturated rings. The third-order valence-electron chi connectivity index (χ3n) is 3.74. The maximum atomic E-state index is 4.01. The van der Waals surface area contributed by atoms with Crippen LogP contribution in [0.2, 0.25) is 0 Å². The minimum atomic E-state index is 0.999. The largest absolute Gasteiger partial charge is 0.383 e. The summed E-state index contributed by atoms with van der Waals surface area (Å²) in [7, 11) is 4.06. The molecule has 0 saturated carbocycles. The van der Waals surface area contributed by atoms with Gasteiger partial charge in [-0.2, -0.15) is 0 Å². The average molecular weight is 338 g/mol. The summed E-state index contributed by atoms with van der Waals surface area (Å²) < 4.78 is 0. The number of hydrogen-bond donors (Lipinski definition) is 0. The van der Waals surface area contributed by atoms with Crippen LogP contribution in [0, 0.1) is 0 Å². The Balaban J connectivity index is 5.63. The van der Waals surface area contributed by atoms with Gasteiger partial charge in [-0.1, -0.05) is 82.0 Å². The number of rotatable bonds is 11. The molecule has 136 valence electrons. The quantitative estimate of drug-likeness (QED) is 0.370. The van der Waals surface area contributed by atoms with Crippen molar-refractivity contribution in [3.8, 4) is 0 Å². The second kappa shape index (κ2) is 14.1. The maximum absolute atomic E-state index is 4.01. The van der Waals surface area contributed by atoms with Crippen LogP contribution in [0.25, 0.3) is 0 Å². The van der Waals surface area contributed by atoms with Crippen LogP contribution < -0.4 is 0 Å². The van der Waals surface area contributed by atoms with Crippen LogP contribution in [-0.4, -0.2) is 19.0 Å². The predicted molar refractivity (Wildman–Crippen MR) is 116 cm³/mol. The second-order valence-corrected chi connectivity index (χ2v) is 6.09. The molecule has 0 heterocycles. The van der Waals surface area contributed by atoms with Crippen LogP contribution in [0.5, 0.6) is 0 Å². The lowest BCUT2D eigenvalue weighted by Gasteiger charge is -2.08. The summed E-state index contributed by atoms with van der Waals surface area (Å²) in [6, 6.07) is 0. The third-order valence-corrected chi connectivity index (χ3v) is 3.74. The number of hydrogen-bond acceptors (Lipinski definition) is 1. The van der Waals surface area contributed by atoms with Gasteiger partial charge in [0.05, 0.1) is 0 Å². The van der Waals surface area contributed by atoms with Crippen molar-refractivity contribution >= 4 is 0 Å². The Morgan fingerprint density at radius 1 is 0.880 bits per heavy atom. The van der Waals surface area contributed by atoms with Crippen molar-refractivity contribution in [1.82, 2.24) is 4.90 Å². The van der Waals surface area contributed by atoms with Gasteiger partial charge in [0.2, 0.25) is 0 Å². The fraction of sp³-hybridized carbons (Fsp3) is 0.333. The van der Waals surface area contributed by atoms with Crippen molar-refractivity contribution in [1.29, 1.82) is 0 Å². The zero-order chi connectivity index (χ0) is 19.1. The van der Waals surface area contributed by atoms with Crippen LogP contribution in [0.4, 0.5) is 0 Å². The number of allylic oxidation sites excluding steroid dienone is 13. The summed E-state index contributed by atoms with van der Waals surface area (Å²) in [5.41, 5.74) is 5.10. The zero-order valence-corrected chi connectivity index (χ0v) is 16.8. The van der Waals surface area contributed by atoms with E-state index in [-0.39, 0.29) is 0 Å². The molecule has 0 saturated heterocycles. The van der Waals surface area contributed by atoms with Crippen molar-refractivity contribution in [2.45, 2.75) is 40.0 Å². The Morgan fingerprint density at radius 2 is 1.60 bits per heavy atom. The summed E-state index contributed by atoms with van der Waals surface area (Å²) in [6.07, 6.45) is 23.7. The molecular formula is C24H35N. The van der Waals surface area contributed by atoms with Crippen molar-refractivity contribution in [2.24, 2.45) is 0 Å². The van der Waals surface area contributed by atoms with E-state index < -0.39 is 0 Å². The third kappa shape index (κ3) is 10.2. The molecule has 0 atom stereocenters. The number of nitrogens with zero attached hydrogens (tertiary/aromatic N) is 1. The van der Waals surface area contributed by atoms with E-state index in [0.717, 1.165) is 19.3 Å². The zero-order valence-electron chi connectivity index (χ0n) is 16.8. The molecule has 0 aromatic heterocycles. The van der Waals surface area contributed by atoms with Gasteiger partial charge in [-0.15, -0.1) is 0 Å². The smallest absolute Gasteiger partial charge is 0.00556 e. The van der Waals surface area contributed by atoms with Crippen LogP contribution in [-0.2, 0) is 0 Å². The molecule has 0 amide bonds. The topological polar surface area (TPSA) is 3.24 Å². The Morgan fingerprint density at radius 3 is 2.12 bits per heavy atom. The lowest BCUT2D eigenvalue weighted by atomic mass is 9.98. The first-order chi connectivity index (χ1) is 12.0. The highest BCUT2D eigenvalue weighted by Crippen LogP contribution is 2.20. The maximum Gasteiger partial charge on any atom is 0.00556 e. The lowest BCUT2D eigenvalue weighted by Crippen LogP contribution is -1.99. The molecule has 1 nitrogen and oxygen atoms in total. The normalized spacial score (nSPS) is 14.4. The van der Waals surface area contributed by atoms with Crippen molar-refractivity contribution in [3.05, 3.63) is 96.3 Å². The standard InChI is InChI=1S/C24H35N/c1-8-12-13-16-21(5)22(10-3)18-19-23(11-4)24(15-9-2)17-14-20-25(6)7/h8,11-14,16-20H,1,4,9-10,15H2,2-3,5-7H3/b13-12-,20-14-,21-16+,22-18+,23-19+,24-17+. The van der Waals surface area contributed by atoms with E-state index in [4.69, 9.17) is 0 Å². The van der Waals surface area contributed by atoms with Crippen LogP contribution in [0.15, 0.2) is 96.3 Å². The van der Waals surface area contributed by atoms with Crippen LogP contribution in [0.1, 0.15) is 40.0 Å². The van der Waals surface area contributed by atoms with Gasteiger partial charge in [-0.05, 0) is 54.3 Å². The molecule has 0 N–H and O–H groups in total. The van der Waals surface area contributed by atoms with Gasteiger partial charge < -0.3 is 4.90 Å². The molecular weight excluding hydrogens is 302 g/mol.